The Balaban J connectivity index is 1.60. The number of nitrogens with zero attached hydrogens (tertiary/aromatic N) is 2. The van der Waals surface area contributed by atoms with Gasteiger partial charge in [-0.1, -0.05) is 60.7 Å². The summed E-state index contributed by atoms with van der Waals surface area (Å²) < 4.78 is 11.9. The SMILES string of the molecule is CC1(C)O[C@@H](C=NCc2ccccc2)[C@H](C=NCc2ccccc2)O1. The molecule has 4 nitrogen and oxygen atoms in total. The van der Waals surface area contributed by atoms with Crippen LogP contribution in [0.5, 0.6) is 0 Å². The second-order valence-corrected chi connectivity index (χ2v) is 6.52. The van der Waals surface area contributed by atoms with Crippen LogP contribution in [-0.4, -0.2) is 30.4 Å². The monoisotopic (exact) mass is 336 g/mol. The molecule has 2 aromatic carbocycles. The number of benzene rings is 2. The summed E-state index contributed by atoms with van der Waals surface area (Å²) in [5, 5.41) is 0. The fourth-order valence-corrected chi connectivity index (χ4v) is 2.74. The van der Waals surface area contributed by atoms with Crippen LogP contribution in [0, 0.1) is 0 Å². The van der Waals surface area contributed by atoms with Gasteiger partial charge in [0, 0.05) is 12.4 Å². The van der Waals surface area contributed by atoms with Gasteiger partial charge in [0.05, 0.1) is 13.1 Å². The summed E-state index contributed by atoms with van der Waals surface area (Å²) in [6, 6.07) is 20.3. The molecule has 25 heavy (non-hydrogen) atoms. The van der Waals surface area contributed by atoms with Crippen LogP contribution in [0.4, 0.5) is 0 Å². The molecule has 3 rings (SSSR count). The molecule has 0 spiro atoms. The van der Waals surface area contributed by atoms with E-state index in [9.17, 15) is 0 Å². The number of aliphatic imine (C=N–C) groups is 2. The topological polar surface area (TPSA) is 43.2 Å². The fraction of sp³-hybridized carbons (Fsp3) is 0.333. The molecule has 0 aliphatic carbocycles. The van der Waals surface area contributed by atoms with Gasteiger partial charge in [-0.25, -0.2) is 0 Å². The lowest BCUT2D eigenvalue weighted by atomic mass is 10.2. The van der Waals surface area contributed by atoms with Gasteiger partial charge in [-0.3, -0.25) is 9.98 Å². The van der Waals surface area contributed by atoms with Crippen molar-refractivity contribution in [3.05, 3.63) is 71.8 Å². The van der Waals surface area contributed by atoms with E-state index >= 15 is 0 Å². The van der Waals surface area contributed by atoms with Crippen LogP contribution in [-0.2, 0) is 22.6 Å². The van der Waals surface area contributed by atoms with Crippen LogP contribution in [0.25, 0.3) is 0 Å². The Labute approximate surface area is 149 Å². The van der Waals surface area contributed by atoms with E-state index in [0.717, 1.165) is 0 Å². The predicted octanol–water partition coefficient (Wildman–Crippen LogP) is 4.05. The molecule has 2 aromatic rings. The molecule has 1 aliphatic heterocycles. The van der Waals surface area contributed by atoms with Gasteiger partial charge >= 0.3 is 0 Å². The highest BCUT2D eigenvalue weighted by molar-refractivity contribution is 5.75. The average molecular weight is 336 g/mol. The van der Waals surface area contributed by atoms with Crippen molar-refractivity contribution in [1.29, 1.82) is 0 Å². The van der Waals surface area contributed by atoms with E-state index in [0.29, 0.717) is 13.1 Å². The largest absolute Gasteiger partial charge is 0.338 e. The Morgan fingerprint density at radius 2 is 1.16 bits per heavy atom. The number of rotatable bonds is 6. The van der Waals surface area contributed by atoms with Crippen molar-refractivity contribution in [1.82, 2.24) is 0 Å². The van der Waals surface area contributed by atoms with Crippen molar-refractivity contribution in [2.75, 3.05) is 0 Å². The van der Waals surface area contributed by atoms with E-state index in [1.165, 1.54) is 11.1 Å². The lowest BCUT2D eigenvalue weighted by Gasteiger charge is -2.15. The van der Waals surface area contributed by atoms with Crippen LogP contribution >= 0.6 is 0 Å². The van der Waals surface area contributed by atoms with Crippen molar-refractivity contribution < 1.29 is 9.47 Å². The summed E-state index contributed by atoms with van der Waals surface area (Å²) in [7, 11) is 0. The van der Waals surface area contributed by atoms with Gasteiger partial charge in [-0.2, -0.15) is 0 Å². The first-order valence-electron chi connectivity index (χ1n) is 8.56. The van der Waals surface area contributed by atoms with E-state index in [-0.39, 0.29) is 12.2 Å². The third kappa shape index (κ3) is 5.34. The van der Waals surface area contributed by atoms with Crippen LogP contribution < -0.4 is 0 Å². The normalized spacial score (nSPS) is 22.8. The van der Waals surface area contributed by atoms with E-state index < -0.39 is 5.79 Å². The van der Waals surface area contributed by atoms with Crippen LogP contribution in [0.3, 0.4) is 0 Å². The molecular formula is C21H24N2O2. The smallest absolute Gasteiger partial charge is 0.164 e. The molecule has 0 unspecified atom stereocenters. The summed E-state index contributed by atoms with van der Waals surface area (Å²) >= 11 is 0. The maximum atomic E-state index is 5.94. The highest BCUT2D eigenvalue weighted by Crippen LogP contribution is 2.26. The molecule has 2 atom stereocenters. The zero-order valence-electron chi connectivity index (χ0n) is 14.7. The molecule has 0 saturated carbocycles. The van der Waals surface area contributed by atoms with E-state index in [4.69, 9.17) is 9.47 Å². The van der Waals surface area contributed by atoms with Crippen molar-refractivity contribution in [3.8, 4) is 0 Å². The molecule has 1 fully saturated rings. The molecular weight excluding hydrogens is 312 g/mol. The van der Waals surface area contributed by atoms with Crippen LogP contribution in [0.15, 0.2) is 70.6 Å². The molecule has 0 bridgehead atoms. The maximum absolute atomic E-state index is 5.94. The lowest BCUT2D eigenvalue weighted by molar-refractivity contribution is -0.135. The van der Waals surface area contributed by atoms with Crippen molar-refractivity contribution in [2.24, 2.45) is 9.98 Å². The van der Waals surface area contributed by atoms with Gasteiger partial charge < -0.3 is 9.47 Å². The number of ether oxygens (including phenoxy) is 2. The quantitative estimate of drug-likeness (QED) is 0.747. The first kappa shape index (κ1) is 17.5. The van der Waals surface area contributed by atoms with Gasteiger partial charge in [0.2, 0.25) is 0 Å². The molecule has 0 N–H and O–H groups in total. The fourth-order valence-electron chi connectivity index (χ4n) is 2.74. The first-order valence-corrected chi connectivity index (χ1v) is 8.56. The van der Waals surface area contributed by atoms with E-state index in [1.807, 2.05) is 62.7 Å². The third-order valence-corrected chi connectivity index (χ3v) is 3.90. The molecule has 1 aliphatic rings. The Hall–Kier alpha value is -2.30. The van der Waals surface area contributed by atoms with Gasteiger partial charge in [0.25, 0.3) is 0 Å². The number of hydrogen-bond donors (Lipinski definition) is 0. The minimum absolute atomic E-state index is 0.224. The Morgan fingerprint density at radius 1 is 0.760 bits per heavy atom. The van der Waals surface area contributed by atoms with Gasteiger partial charge in [-0.05, 0) is 25.0 Å². The second-order valence-electron chi connectivity index (χ2n) is 6.52. The van der Waals surface area contributed by atoms with Gasteiger partial charge in [0.15, 0.2) is 5.79 Å². The minimum atomic E-state index is -0.632. The zero-order chi connectivity index (χ0) is 17.5. The maximum Gasteiger partial charge on any atom is 0.164 e. The second kappa shape index (κ2) is 8.19. The van der Waals surface area contributed by atoms with Gasteiger partial charge in [-0.15, -0.1) is 0 Å². The summed E-state index contributed by atoms with van der Waals surface area (Å²) in [6.07, 6.45) is 3.22. The molecule has 0 radical (unpaired) electrons. The third-order valence-electron chi connectivity index (χ3n) is 3.90. The molecule has 4 heteroatoms. The Morgan fingerprint density at radius 3 is 1.56 bits per heavy atom. The molecule has 0 amide bonds. The molecule has 1 heterocycles. The summed E-state index contributed by atoms with van der Waals surface area (Å²) in [5.41, 5.74) is 2.34. The summed E-state index contributed by atoms with van der Waals surface area (Å²) in [5.74, 6) is -0.632. The highest BCUT2D eigenvalue weighted by atomic mass is 16.7. The molecule has 0 aromatic heterocycles. The number of hydrogen-bond acceptors (Lipinski definition) is 4. The van der Waals surface area contributed by atoms with Gasteiger partial charge in [0.1, 0.15) is 12.2 Å². The van der Waals surface area contributed by atoms with Crippen LogP contribution in [0.2, 0.25) is 0 Å². The first-order chi connectivity index (χ1) is 12.1. The average Bonchev–Trinajstić information content (AvgIpc) is 2.91. The lowest BCUT2D eigenvalue weighted by Crippen LogP contribution is -2.25. The Kier molecular flexibility index (Phi) is 5.74. The van der Waals surface area contributed by atoms with E-state index in [2.05, 4.69) is 34.3 Å². The van der Waals surface area contributed by atoms with Crippen molar-refractivity contribution >= 4 is 12.4 Å². The van der Waals surface area contributed by atoms with Crippen molar-refractivity contribution in [3.63, 3.8) is 0 Å². The van der Waals surface area contributed by atoms with Crippen LogP contribution in [0.1, 0.15) is 25.0 Å². The van der Waals surface area contributed by atoms with E-state index in [1.54, 1.807) is 0 Å². The highest BCUT2D eigenvalue weighted by Gasteiger charge is 2.39. The standard InChI is InChI=1S/C21H24N2O2/c1-21(2)24-19(15-22-13-17-9-5-3-6-10-17)20(25-21)16-23-14-18-11-7-4-8-12-18/h3-12,15-16,19-20H,13-14H2,1-2H3/t19-,20-/m0/s1. The Bertz CT molecular complexity index is 650. The molecule has 1 saturated heterocycles. The summed E-state index contributed by atoms with van der Waals surface area (Å²) in [4.78, 5) is 9.03. The minimum Gasteiger partial charge on any atom is -0.338 e. The summed E-state index contributed by atoms with van der Waals surface area (Å²) in [6.45, 7) is 5.09. The van der Waals surface area contributed by atoms with Crippen molar-refractivity contribution in [2.45, 2.75) is 44.9 Å². The zero-order valence-corrected chi connectivity index (χ0v) is 14.7. The molecule has 130 valence electrons. The predicted molar refractivity (Wildman–Crippen MR) is 101 cm³/mol.